The van der Waals surface area contributed by atoms with Crippen molar-refractivity contribution in [1.29, 1.82) is 0 Å². The molecule has 0 saturated heterocycles. The second-order valence-electron chi connectivity index (χ2n) is 5.04. The number of hydrogen-bond acceptors (Lipinski definition) is 4. The number of carbonyl (C=O) groups is 1. The summed E-state index contributed by atoms with van der Waals surface area (Å²) in [5.74, 6) is 0.142. The SMILES string of the molecule is CCCOC(=O)C(C)N(C)CC1CCCC1O. The van der Waals surface area contributed by atoms with E-state index in [1.807, 2.05) is 25.8 Å². The van der Waals surface area contributed by atoms with Crippen LogP contribution in [0, 0.1) is 5.92 Å². The predicted molar refractivity (Wildman–Crippen MR) is 66.7 cm³/mol. The topological polar surface area (TPSA) is 49.8 Å². The summed E-state index contributed by atoms with van der Waals surface area (Å²) in [7, 11) is 1.92. The third-order valence-electron chi connectivity index (χ3n) is 3.59. The number of likely N-dealkylation sites (N-methyl/N-ethyl adjacent to an activating group) is 1. The maximum atomic E-state index is 11.7. The Morgan fingerprint density at radius 3 is 2.76 bits per heavy atom. The minimum absolute atomic E-state index is 0.165. The van der Waals surface area contributed by atoms with Crippen molar-refractivity contribution < 1.29 is 14.6 Å². The first kappa shape index (κ1) is 14.5. The monoisotopic (exact) mass is 243 g/mol. The molecule has 4 nitrogen and oxygen atoms in total. The molecule has 0 aromatic carbocycles. The van der Waals surface area contributed by atoms with Crippen molar-refractivity contribution in [3.8, 4) is 0 Å². The Labute approximate surface area is 104 Å². The molecule has 1 aliphatic rings. The number of carbonyl (C=O) groups excluding carboxylic acids is 1. The van der Waals surface area contributed by atoms with Gasteiger partial charge in [0.1, 0.15) is 6.04 Å². The van der Waals surface area contributed by atoms with E-state index in [1.165, 1.54) is 0 Å². The van der Waals surface area contributed by atoms with Crippen LogP contribution in [0.2, 0.25) is 0 Å². The fourth-order valence-electron chi connectivity index (χ4n) is 2.26. The number of aliphatic hydroxyl groups excluding tert-OH is 1. The average Bonchev–Trinajstić information content (AvgIpc) is 2.70. The van der Waals surface area contributed by atoms with Crippen LogP contribution in [-0.2, 0) is 9.53 Å². The van der Waals surface area contributed by atoms with Gasteiger partial charge >= 0.3 is 5.97 Å². The second kappa shape index (κ2) is 6.97. The largest absolute Gasteiger partial charge is 0.465 e. The van der Waals surface area contributed by atoms with Crippen LogP contribution in [0.25, 0.3) is 0 Å². The van der Waals surface area contributed by atoms with Gasteiger partial charge in [-0.3, -0.25) is 9.69 Å². The first-order chi connectivity index (χ1) is 8.06. The van der Waals surface area contributed by atoms with Crippen LogP contribution in [-0.4, -0.2) is 48.3 Å². The highest BCUT2D eigenvalue weighted by atomic mass is 16.5. The highest BCUT2D eigenvalue weighted by molar-refractivity contribution is 5.75. The van der Waals surface area contributed by atoms with Crippen molar-refractivity contribution >= 4 is 5.97 Å². The summed E-state index contributed by atoms with van der Waals surface area (Å²) in [4.78, 5) is 13.7. The van der Waals surface area contributed by atoms with E-state index >= 15 is 0 Å². The molecule has 1 aliphatic carbocycles. The first-order valence-electron chi connectivity index (χ1n) is 6.61. The molecule has 0 bridgehead atoms. The molecule has 3 unspecified atom stereocenters. The van der Waals surface area contributed by atoms with E-state index in [-0.39, 0.29) is 18.1 Å². The van der Waals surface area contributed by atoms with Gasteiger partial charge in [-0.2, -0.15) is 0 Å². The van der Waals surface area contributed by atoms with Crippen molar-refractivity contribution in [3.63, 3.8) is 0 Å². The third kappa shape index (κ3) is 4.28. The Hall–Kier alpha value is -0.610. The van der Waals surface area contributed by atoms with E-state index in [4.69, 9.17) is 4.74 Å². The molecule has 0 radical (unpaired) electrons. The van der Waals surface area contributed by atoms with Gasteiger partial charge in [-0.15, -0.1) is 0 Å². The predicted octanol–water partition coefficient (Wildman–Crippen LogP) is 1.42. The van der Waals surface area contributed by atoms with E-state index in [9.17, 15) is 9.90 Å². The fourth-order valence-corrected chi connectivity index (χ4v) is 2.26. The van der Waals surface area contributed by atoms with Crippen LogP contribution in [0.15, 0.2) is 0 Å². The highest BCUT2D eigenvalue weighted by Gasteiger charge is 2.29. The van der Waals surface area contributed by atoms with Gasteiger partial charge in [0.25, 0.3) is 0 Å². The summed E-state index contributed by atoms with van der Waals surface area (Å²) in [6.07, 6.45) is 3.70. The summed E-state index contributed by atoms with van der Waals surface area (Å²) < 4.78 is 5.12. The van der Waals surface area contributed by atoms with Gasteiger partial charge < -0.3 is 9.84 Å². The molecule has 1 N–H and O–H groups in total. The number of ether oxygens (including phenoxy) is 1. The zero-order valence-corrected chi connectivity index (χ0v) is 11.2. The number of esters is 1. The van der Waals surface area contributed by atoms with E-state index in [1.54, 1.807) is 0 Å². The molecule has 1 saturated carbocycles. The van der Waals surface area contributed by atoms with E-state index < -0.39 is 0 Å². The molecule has 17 heavy (non-hydrogen) atoms. The number of nitrogens with zero attached hydrogens (tertiary/aromatic N) is 1. The maximum Gasteiger partial charge on any atom is 0.323 e. The first-order valence-corrected chi connectivity index (χ1v) is 6.61. The van der Waals surface area contributed by atoms with Gasteiger partial charge in [0.2, 0.25) is 0 Å². The van der Waals surface area contributed by atoms with Crippen LogP contribution < -0.4 is 0 Å². The standard InChI is InChI=1S/C13H25NO3/c1-4-8-17-13(16)10(2)14(3)9-11-6-5-7-12(11)15/h10-12,15H,4-9H2,1-3H3. The van der Waals surface area contributed by atoms with E-state index in [0.717, 1.165) is 32.2 Å². The number of aliphatic hydroxyl groups is 1. The minimum atomic E-state index is -0.227. The molecule has 0 spiro atoms. The van der Waals surface area contributed by atoms with Crippen LogP contribution in [0.4, 0.5) is 0 Å². The molecule has 1 rings (SSSR count). The summed E-state index contributed by atoms with van der Waals surface area (Å²) in [5, 5.41) is 9.76. The molecule has 0 aromatic heterocycles. The molecule has 100 valence electrons. The number of hydrogen-bond donors (Lipinski definition) is 1. The molecule has 0 aromatic rings. The Kier molecular flexibility index (Phi) is 5.92. The third-order valence-corrected chi connectivity index (χ3v) is 3.59. The number of rotatable bonds is 6. The van der Waals surface area contributed by atoms with E-state index in [2.05, 4.69) is 0 Å². The van der Waals surface area contributed by atoms with Gasteiger partial charge in [0.15, 0.2) is 0 Å². The van der Waals surface area contributed by atoms with Crippen molar-refractivity contribution in [2.24, 2.45) is 5.92 Å². The lowest BCUT2D eigenvalue weighted by Gasteiger charge is -2.27. The molecule has 1 fully saturated rings. The van der Waals surface area contributed by atoms with Crippen molar-refractivity contribution in [3.05, 3.63) is 0 Å². The highest BCUT2D eigenvalue weighted by Crippen LogP contribution is 2.26. The van der Waals surface area contributed by atoms with Gasteiger partial charge in [-0.25, -0.2) is 0 Å². The van der Waals surface area contributed by atoms with Gasteiger partial charge in [0, 0.05) is 6.54 Å². The summed E-state index contributed by atoms with van der Waals surface area (Å²) >= 11 is 0. The van der Waals surface area contributed by atoms with Crippen LogP contribution >= 0.6 is 0 Å². The van der Waals surface area contributed by atoms with Crippen LogP contribution in [0.5, 0.6) is 0 Å². The fraction of sp³-hybridized carbons (Fsp3) is 0.923. The normalized spacial score (nSPS) is 26.2. The molecular formula is C13H25NO3. The van der Waals surface area contributed by atoms with Crippen molar-refractivity contribution in [2.75, 3.05) is 20.2 Å². The van der Waals surface area contributed by atoms with Crippen LogP contribution in [0.3, 0.4) is 0 Å². The molecule has 4 heteroatoms. The summed E-state index contributed by atoms with van der Waals surface area (Å²) in [6, 6.07) is -0.227. The van der Waals surface area contributed by atoms with Crippen LogP contribution in [0.1, 0.15) is 39.5 Å². The second-order valence-corrected chi connectivity index (χ2v) is 5.04. The molecule has 3 atom stereocenters. The zero-order chi connectivity index (χ0) is 12.8. The average molecular weight is 243 g/mol. The Balaban J connectivity index is 2.35. The smallest absolute Gasteiger partial charge is 0.323 e. The summed E-state index contributed by atoms with van der Waals surface area (Å²) in [5.41, 5.74) is 0. The lowest BCUT2D eigenvalue weighted by Crippen LogP contribution is -2.41. The summed E-state index contributed by atoms with van der Waals surface area (Å²) in [6.45, 7) is 5.10. The van der Waals surface area contributed by atoms with Crippen molar-refractivity contribution in [1.82, 2.24) is 4.90 Å². The quantitative estimate of drug-likeness (QED) is 0.717. The van der Waals surface area contributed by atoms with E-state index in [0.29, 0.717) is 12.5 Å². The lowest BCUT2D eigenvalue weighted by atomic mass is 10.1. The maximum absolute atomic E-state index is 11.7. The van der Waals surface area contributed by atoms with Gasteiger partial charge in [-0.05, 0) is 39.2 Å². The molecular weight excluding hydrogens is 218 g/mol. The Morgan fingerprint density at radius 2 is 2.24 bits per heavy atom. The Bertz CT molecular complexity index is 245. The van der Waals surface area contributed by atoms with Crippen molar-refractivity contribution in [2.45, 2.75) is 51.7 Å². The lowest BCUT2D eigenvalue weighted by molar-refractivity contribution is -0.149. The minimum Gasteiger partial charge on any atom is -0.465 e. The zero-order valence-electron chi connectivity index (χ0n) is 11.2. The van der Waals surface area contributed by atoms with Gasteiger partial charge in [-0.1, -0.05) is 13.3 Å². The molecule has 0 aliphatic heterocycles. The van der Waals surface area contributed by atoms with Gasteiger partial charge in [0.05, 0.1) is 12.7 Å². The Morgan fingerprint density at radius 1 is 1.53 bits per heavy atom. The molecule has 0 amide bonds. The molecule has 0 heterocycles.